The van der Waals surface area contributed by atoms with Crippen molar-refractivity contribution in [2.45, 2.75) is 25.8 Å². The predicted octanol–water partition coefficient (Wildman–Crippen LogP) is 2.61. The maximum absolute atomic E-state index is 13.4. The van der Waals surface area contributed by atoms with Crippen LogP contribution < -0.4 is 4.90 Å². The highest BCUT2D eigenvalue weighted by atomic mass is 16.2. The van der Waals surface area contributed by atoms with Gasteiger partial charge < -0.3 is 14.7 Å². The number of aromatic nitrogens is 1. The third kappa shape index (κ3) is 2.97. The van der Waals surface area contributed by atoms with Crippen LogP contribution in [0.15, 0.2) is 30.5 Å². The van der Waals surface area contributed by atoms with Gasteiger partial charge in [0.1, 0.15) is 0 Å². The van der Waals surface area contributed by atoms with E-state index in [0.29, 0.717) is 0 Å². The van der Waals surface area contributed by atoms with Crippen LogP contribution in [0.25, 0.3) is 10.9 Å². The number of fused-ring (bicyclic) bond motifs is 1. The molecule has 2 saturated heterocycles. The summed E-state index contributed by atoms with van der Waals surface area (Å²) in [5.41, 5.74) is 2.81. The van der Waals surface area contributed by atoms with Crippen LogP contribution in [-0.2, 0) is 0 Å². The molecule has 3 heterocycles. The molecule has 2 fully saturated rings. The van der Waals surface area contributed by atoms with Gasteiger partial charge >= 0.3 is 0 Å². The maximum Gasteiger partial charge on any atom is 0.257 e. The van der Waals surface area contributed by atoms with Crippen LogP contribution in [0.1, 0.15) is 30.1 Å². The van der Waals surface area contributed by atoms with Gasteiger partial charge in [-0.1, -0.05) is 18.2 Å². The number of carbonyl (C=O) groups is 1. The molecule has 25 heavy (non-hydrogen) atoms. The second kappa shape index (κ2) is 6.64. The molecule has 2 aromatic rings. The number of nitrogens with zero attached hydrogens (tertiary/aromatic N) is 4. The normalized spacial score (nSPS) is 21.9. The van der Waals surface area contributed by atoms with Gasteiger partial charge in [-0.25, -0.2) is 0 Å². The molecule has 2 aliphatic heterocycles. The Labute approximate surface area is 149 Å². The summed E-state index contributed by atoms with van der Waals surface area (Å²) in [5, 5.41) is 1.09. The van der Waals surface area contributed by atoms with Crippen LogP contribution in [0, 0.1) is 0 Å². The summed E-state index contributed by atoms with van der Waals surface area (Å²) in [6.45, 7) is 6.81. The number of hydrogen-bond donors (Lipinski definition) is 0. The van der Waals surface area contributed by atoms with E-state index in [1.807, 2.05) is 23.1 Å². The van der Waals surface area contributed by atoms with Crippen LogP contribution >= 0.6 is 0 Å². The summed E-state index contributed by atoms with van der Waals surface area (Å²) in [5.74, 6) is 0.126. The fourth-order valence-corrected chi connectivity index (χ4v) is 4.16. The minimum atomic E-state index is 0.126. The highest BCUT2D eigenvalue weighted by molar-refractivity contribution is 6.07. The zero-order valence-corrected chi connectivity index (χ0v) is 15.1. The number of anilines is 1. The van der Waals surface area contributed by atoms with Crippen molar-refractivity contribution in [1.29, 1.82) is 0 Å². The Morgan fingerprint density at radius 3 is 2.64 bits per heavy atom. The highest BCUT2D eigenvalue weighted by Crippen LogP contribution is 2.33. The van der Waals surface area contributed by atoms with Gasteiger partial charge in [0.15, 0.2) is 0 Å². The number of pyridine rings is 1. The number of para-hydroxylation sites is 1. The van der Waals surface area contributed by atoms with Crippen molar-refractivity contribution in [3.8, 4) is 0 Å². The van der Waals surface area contributed by atoms with Crippen LogP contribution in [0.5, 0.6) is 0 Å². The molecule has 1 atom stereocenters. The molecule has 0 N–H and O–H groups in total. The summed E-state index contributed by atoms with van der Waals surface area (Å²) in [6, 6.07) is 8.40. The monoisotopic (exact) mass is 338 g/mol. The highest BCUT2D eigenvalue weighted by Gasteiger charge is 2.30. The van der Waals surface area contributed by atoms with Crippen molar-refractivity contribution >= 4 is 22.5 Å². The number of benzene rings is 1. The first-order chi connectivity index (χ1) is 12.1. The molecule has 1 unspecified atom stereocenters. The second-order valence-electron chi connectivity index (χ2n) is 7.34. The van der Waals surface area contributed by atoms with Gasteiger partial charge in [-0.05, 0) is 32.9 Å². The molecule has 0 spiro atoms. The van der Waals surface area contributed by atoms with E-state index in [0.717, 1.165) is 54.9 Å². The smallest absolute Gasteiger partial charge is 0.257 e. The Morgan fingerprint density at radius 2 is 1.88 bits per heavy atom. The van der Waals surface area contributed by atoms with Crippen molar-refractivity contribution in [3.63, 3.8) is 0 Å². The molecule has 5 nitrogen and oxygen atoms in total. The van der Waals surface area contributed by atoms with Gasteiger partial charge in [-0.15, -0.1) is 0 Å². The lowest BCUT2D eigenvalue weighted by atomic mass is 10.1. The van der Waals surface area contributed by atoms with E-state index >= 15 is 0 Å². The van der Waals surface area contributed by atoms with Crippen molar-refractivity contribution in [3.05, 3.63) is 36.0 Å². The first-order valence-corrected chi connectivity index (χ1v) is 9.27. The Kier molecular flexibility index (Phi) is 4.34. The maximum atomic E-state index is 13.4. The molecule has 5 heteroatoms. The molecular weight excluding hydrogens is 312 g/mol. The number of rotatable bonds is 2. The fourth-order valence-electron chi connectivity index (χ4n) is 4.16. The first kappa shape index (κ1) is 16.3. The third-order valence-corrected chi connectivity index (χ3v) is 5.49. The van der Waals surface area contributed by atoms with Crippen molar-refractivity contribution in [2.24, 2.45) is 0 Å². The zero-order chi connectivity index (χ0) is 17.4. The summed E-state index contributed by atoms with van der Waals surface area (Å²) < 4.78 is 0. The standard InChI is InChI=1S/C20H26N4O/c1-15-14-22(2)11-12-24(15)20(25)17-13-21-18-8-4-3-7-16(18)19(17)23-9-5-6-10-23/h3-4,7-8,13,15H,5-6,9-12,14H2,1-2H3. The second-order valence-corrected chi connectivity index (χ2v) is 7.34. The van der Waals surface area contributed by atoms with E-state index in [1.165, 1.54) is 12.8 Å². The van der Waals surface area contributed by atoms with Crippen LogP contribution in [0.2, 0.25) is 0 Å². The fraction of sp³-hybridized carbons (Fsp3) is 0.500. The van der Waals surface area contributed by atoms with Gasteiger partial charge in [0.05, 0.1) is 16.8 Å². The number of hydrogen-bond acceptors (Lipinski definition) is 4. The Morgan fingerprint density at radius 1 is 1.12 bits per heavy atom. The van der Waals surface area contributed by atoms with Crippen molar-refractivity contribution in [2.75, 3.05) is 44.7 Å². The molecule has 2 aliphatic rings. The molecule has 0 bridgehead atoms. The van der Waals surface area contributed by atoms with Gasteiger partial charge in [0, 0.05) is 50.3 Å². The average Bonchev–Trinajstić information content (AvgIpc) is 3.14. The number of likely N-dealkylation sites (N-methyl/N-ethyl adjacent to an activating group) is 1. The summed E-state index contributed by atoms with van der Waals surface area (Å²) in [7, 11) is 2.12. The average molecular weight is 338 g/mol. The Bertz CT molecular complexity index is 784. The molecule has 0 saturated carbocycles. The van der Waals surface area contributed by atoms with Gasteiger partial charge in [-0.2, -0.15) is 0 Å². The van der Waals surface area contributed by atoms with E-state index in [4.69, 9.17) is 0 Å². The first-order valence-electron chi connectivity index (χ1n) is 9.27. The summed E-state index contributed by atoms with van der Waals surface area (Å²) in [4.78, 5) is 24.6. The molecule has 0 aliphatic carbocycles. The Balaban J connectivity index is 1.78. The van der Waals surface area contributed by atoms with E-state index in [2.05, 4.69) is 34.8 Å². The van der Waals surface area contributed by atoms with Gasteiger partial charge in [-0.3, -0.25) is 9.78 Å². The van der Waals surface area contributed by atoms with E-state index in [1.54, 1.807) is 6.20 Å². The third-order valence-electron chi connectivity index (χ3n) is 5.49. The van der Waals surface area contributed by atoms with Gasteiger partial charge in [0.2, 0.25) is 0 Å². The molecular formula is C20H26N4O. The molecule has 0 radical (unpaired) electrons. The zero-order valence-electron chi connectivity index (χ0n) is 15.1. The largest absolute Gasteiger partial charge is 0.370 e. The summed E-state index contributed by atoms with van der Waals surface area (Å²) in [6.07, 6.45) is 4.17. The lowest BCUT2D eigenvalue weighted by Gasteiger charge is -2.38. The molecule has 1 aromatic carbocycles. The molecule has 1 amide bonds. The van der Waals surface area contributed by atoms with Gasteiger partial charge in [0.25, 0.3) is 5.91 Å². The van der Waals surface area contributed by atoms with Crippen LogP contribution in [-0.4, -0.2) is 66.5 Å². The van der Waals surface area contributed by atoms with Crippen LogP contribution in [0.4, 0.5) is 5.69 Å². The quantitative estimate of drug-likeness (QED) is 0.844. The summed E-state index contributed by atoms with van der Waals surface area (Å²) >= 11 is 0. The number of carbonyl (C=O) groups excluding carboxylic acids is 1. The minimum absolute atomic E-state index is 0.126. The van der Waals surface area contributed by atoms with Crippen molar-refractivity contribution in [1.82, 2.24) is 14.8 Å². The van der Waals surface area contributed by atoms with E-state index in [-0.39, 0.29) is 11.9 Å². The van der Waals surface area contributed by atoms with E-state index in [9.17, 15) is 4.79 Å². The topological polar surface area (TPSA) is 39.7 Å². The van der Waals surface area contributed by atoms with Crippen molar-refractivity contribution < 1.29 is 4.79 Å². The van der Waals surface area contributed by atoms with E-state index < -0.39 is 0 Å². The molecule has 4 rings (SSSR count). The number of amides is 1. The molecule has 1 aromatic heterocycles. The minimum Gasteiger partial charge on any atom is -0.370 e. The number of piperazine rings is 1. The lowest BCUT2D eigenvalue weighted by Crippen LogP contribution is -2.52. The SMILES string of the molecule is CC1CN(C)CCN1C(=O)c1cnc2ccccc2c1N1CCCC1. The lowest BCUT2D eigenvalue weighted by molar-refractivity contribution is 0.0534. The predicted molar refractivity (Wildman–Crippen MR) is 101 cm³/mol. The van der Waals surface area contributed by atoms with Crippen LogP contribution in [0.3, 0.4) is 0 Å². The molecule has 132 valence electrons. The Hall–Kier alpha value is -2.14.